The number of aromatic nitrogens is 8. The number of nitrogens with one attached hydrogen (secondary N) is 1. The van der Waals surface area contributed by atoms with Gasteiger partial charge in [-0.05, 0) is 54.4 Å². The molecule has 0 aromatic carbocycles. The van der Waals surface area contributed by atoms with Crippen LogP contribution in [0.3, 0.4) is 0 Å². The standard InChI is InChI=1S/C28H25N9O2/c38-26-12-31-23-3-4-37(27(23)39-26)22-5-20(10-29-11-22)24-16-36(34-33-24)15-21-14-35-13-18(1-2-25(35)32-21)9-30-17-28-6-19(7-28)8-28/h1-5,10-14,16,19,30H,6-9,15,17H2. The van der Waals surface area contributed by atoms with Crippen molar-refractivity contribution in [2.45, 2.75) is 32.4 Å². The first kappa shape index (κ1) is 22.4. The lowest BCUT2D eigenvalue weighted by Gasteiger charge is -2.62. The molecule has 0 saturated heterocycles. The minimum absolute atomic E-state index is 0.366. The summed E-state index contributed by atoms with van der Waals surface area (Å²) < 4.78 is 10.9. The molecule has 3 saturated carbocycles. The molecule has 11 nitrogen and oxygen atoms in total. The molecule has 6 aromatic rings. The average molecular weight is 520 g/mol. The zero-order valence-electron chi connectivity index (χ0n) is 21.1. The zero-order chi connectivity index (χ0) is 26.0. The summed E-state index contributed by atoms with van der Waals surface area (Å²) >= 11 is 0. The molecule has 2 bridgehead atoms. The van der Waals surface area contributed by atoms with Crippen LogP contribution >= 0.6 is 0 Å². The van der Waals surface area contributed by atoms with Crippen molar-refractivity contribution in [2.75, 3.05) is 6.54 Å². The highest BCUT2D eigenvalue weighted by Gasteiger charge is 2.55. The minimum atomic E-state index is -0.505. The molecule has 11 heteroatoms. The highest BCUT2D eigenvalue weighted by molar-refractivity contribution is 5.72. The number of hydrogen-bond acceptors (Lipinski definition) is 8. The maximum absolute atomic E-state index is 11.7. The Morgan fingerprint density at radius 3 is 2.87 bits per heavy atom. The summed E-state index contributed by atoms with van der Waals surface area (Å²) in [6, 6.07) is 7.91. The Labute approximate surface area is 222 Å². The topological polar surface area (TPSA) is 121 Å². The second-order valence-electron chi connectivity index (χ2n) is 10.9. The minimum Gasteiger partial charge on any atom is -0.402 e. The molecular weight excluding hydrogens is 494 g/mol. The Balaban J connectivity index is 0.984. The zero-order valence-corrected chi connectivity index (χ0v) is 21.1. The third-order valence-electron chi connectivity index (χ3n) is 8.04. The molecular formula is C28H25N9O2. The molecule has 1 N–H and O–H groups in total. The third kappa shape index (κ3) is 3.93. The highest BCUT2D eigenvalue weighted by atomic mass is 16.4. The average Bonchev–Trinajstić information content (AvgIpc) is 3.63. The SMILES string of the molecule is O=c1cnc2ccn(-c3cncc(-c4cn(Cc5cn6cc(CNCC78CC(C7)C8)ccc6n5)nn4)c3)c2o1. The maximum Gasteiger partial charge on any atom is 0.356 e. The van der Waals surface area contributed by atoms with Gasteiger partial charge >= 0.3 is 5.63 Å². The van der Waals surface area contributed by atoms with Gasteiger partial charge in [0.05, 0.1) is 30.3 Å². The van der Waals surface area contributed by atoms with Crippen LogP contribution in [0.1, 0.15) is 30.5 Å². The summed E-state index contributed by atoms with van der Waals surface area (Å²) in [6.07, 6.45) is 16.7. The molecule has 194 valence electrons. The summed E-state index contributed by atoms with van der Waals surface area (Å²) in [5.74, 6) is 1.02. The van der Waals surface area contributed by atoms with E-state index in [1.807, 2.05) is 18.5 Å². The van der Waals surface area contributed by atoms with E-state index in [9.17, 15) is 4.79 Å². The first-order valence-corrected chi connectivity index (χ1v) is 13.1. The van der Waals surface area contributed by atoms with E-state index in [1.165, 1.54) is 24.8 Å². The molecule has 0 atom stereocenters. The van der Waals surface area contributed by atoms with Crippen LogP contribution in [-0.4, -0.2) is 45.5 Å². The Hall–Kier alpha value is -4.64. The van der Waals surface area contributed by atoms with E-state index in [-0.39, 0.29) is 0 Å². The van der Waals surface area contributed by atoms with E-state index < -0.39 is 5.63 Å². The molecule has 0 aliphatic heterocycles. The fraction of sp³-hybridized carbons (Fsp3) is 0.286. The van der Waals surface area contributed by atoms with Gasteiger partial charge in [0.1, 0.15) is 23.1 Å². The molecule has 0 amide bonds. The van der Waals surface area contributed by atoms with Crippen molar-refractivity contribution in [3.63, 3.8) is 0 Å². The van der Waals surface area contributed by atoms with Crippen LogP contribution in [0, 0.1) is 11.3 Å². The maximum atomic E-state index is 11.7. The van der Waals surface area contributed by atoms with Crippen LogP contribution in [-0.2, 0) is 13.1 Å². The monoisotopic (exact) mass is 519 g/mol. The summed E-state index contributed by atoms with van der Waals surface area (Å²) in [4.78, 5) is 24.9. The molecule has 6 heterocycles. The van der Waals surface area contributed by atoms with Crippen molar-refractivity contribution in [2.24, 2.45) is 11.3 Å². The van der Waals surface area contributed by atoms with Crippen LogP contribution in [0.5, 0.6) is 0 Å². The fourth-order valence-corrected chi connectivity index (χ4v) is 6.05. The Kier molecular flexibility index (Phi) is 4.83. The van der Waals surface area contributed by atoms with Gasteiger partial charge in [-0.1, -0.05) is 11.3 Å². The lowest BCUT2D eigenvalue weighted by molar-refractivity contribution is -0.103. The number of nitrogens with zero attached hydrogens (tertiary/aromatic N) is 8. The van der Waals surface area contributed by atoms with E-state index in [0.29, 0.717) is 28.9 Å². The van der Waals surface area contributed by atoms with Crippen molar-refractivity contribution in [3.05, 3.63) is 89.3 Å². The van der Waals surface area contributed by atoms with Crippen molar-refractivity contribution >= 4 is 16.9 Å². The van der Waals surface area contributed by atoms with E-state index in [4.69, 9.17) is 9.40 Å². The van der Waals surface area contributed by atoms with Crippen LogP contribution in [0.15, 0.2) is 76.9 Å². The van der Waals surface area contributed by atoms with Crippen LogP contribution < -0.4 is 10.9 Å². The van der Waals surface area contributed by atoms with Gasteiger partial charge in [-0.15, -0.1) is 5.10 Å². The van der Waals surface area contributed by atoms with Crippen molar-refractivity contribution < 1.29 is 4.42 Å². The summed E-state index contributed by atoms with van der Waals surface area (Å²) in [5.41, 5.74) is 6.31. The number of imidazole rings is 1. The van der Waals surface area contributed by atoms with Crippen molar-refractivity contribution in [3.8, 4) is 16.9 Å². The lowest BCUT2D eigenvalue weighted by atomic mass is 9.44. The number of pyridine rings is 2. The number of fused-ring (bicyclic) bond motifs is 2. The first-order chi connectivity index (χ1) is 19.1. The number of hydrogen-bond donors (Lipinski definition) is 1. The van der Waals surface area contributed by atoms with E-state index in [1.54, 1.807) is 33.9 Å². The van der Waals surface area contributed by atoms with Gasteiger partial charge in [0.2, 0.25) is 5.71 Å². The van der Waals surface area contributed by atoms with Gasteiger partial charge in [-0.2, -0.15) is 0 Å². The highest BCUT2D eigenvalue weighted by Crippen LogP contribution is 2.63. The molecule has 3 aliphatic carbocycles. The third-order valence-corrected chi connectivity index (χ3v) is 8.04. The molecule has 3 fully saturated rings. The normalized spacial score (nSPS) is 19.8. The van der Waals surface area contributed by atoms with Crippen LogP contribution in [0.2, 0.25) is 0 Å². The molecule has 9 rings (SSSR count). The molecule has 0 radical (unpaired) electrons. The van der Waals surface area contributed by atoms with E-state index in [2.05, 4.69) is 48.3 Å². The second-order valence-corrected chi connectivity index (χ2v) is 10.9. The second kappa shape index (κ2) is 8.43. The summed E-state index contributed by atoms with van der Waals surface area (Å²) in [6.45, 7) is 2.49. The Morgan fingerprint density at radius 1 is 1.08 bits per heavy atom. The predicted octanol–water partition coefficient (Wildman–Crippen LogP) is 3.22. The first-order valence-electron chi connectivity index (χ1n) is 13.1. The molecule has 6 aromatic heterocycles. The molecule has 0 unspecified atom stereocenters. The van der Waals surface area contributed by atoms with Crippen molar-refractivity contribution in [1.29, 1.82) is 0 Å². The van der Waals surface area contributed by atoms with Crippen molar-refractivity contribution in [1.82, 2.24) is 44.2 Å². The number of rotatable bonds is 8. The molecule has 0 spiro atoms. The Morgan fingerprint density at radius 2 is 2.00 bits per heavy atom. The summed E-state index contributed by atoms with van der Waals surface area (Å²) in [7, 11) is 0. The van der Waals surface area contributed by atoms with Gasteiger partial charge in [-0.3, -0.25) is 9.55 Å². The molecule has 39 heavy (non-hydrogen) atoms. The summed E-state index contributed by atoms with van der Waals surface area (Å²) in [5, 5.41) is 12.3. The largest absolute Gasteiger partial charge is 0.402 e. The van der Waals surface area contributed by atoms with Gasteiger partial charge in [-0.25, -0.2) is 19.4 Å². The van der Waals surface area contributed by atoms with Crippen LogP contribution in [0.25, 0.3) is 33.8 Å². The lowest BCUT2D eigenvalue weighted by Crippen LogP contribution is -2.56. The van der Waals surface area contributed by atoms with Crippen LogP contribution in [0.4, 0.5) is 0 Å². The van der Waals surface area contributed by atoms with Gasteiger partial charge in [0.15, 0.2) is 0 Å². The van der Waals surface area contributed by atoms with Gasteiger partial charge in [0.25, 0.3) is 0 Å². The smallest absolute Gasteiger partial charge is 0.356 e. The fourth-order valence-electron chi connectivity index (χ4n) is 6.05. The van der Waals surface area contributed by atoms with E-state index >= 15 is 0 Å². The van der Waals surface area contributed by atoms with E-state index in [0.717, 1.165) is 47.8 Å². The van der Waals surface area contributed by atoms with Gasteiger partial charge < -0.3 is 14.1 Å². The quantitative estimate of drug-likeness (QED) is 0.325. The Bertz CT molecular complexity index is 1900. The predicted molar refractivity (Wildman–Crippen MR) is 142 cm³/mol. The molecule has 3 aliphatic rings. The van der Waals surface area contributed by atoms with Gasteiger partial charge in [0, 0.05) is 43.4 Å².